The molecule has 4 heteroatoms. The first-order chi connectivity index (χ1) is 5.83. The van der Waals surface area contributed by atoms with Gasteiger partial charge in [0.1, 0.15) is 0 Å². The molecule has 12 heavy (non-hydrogen) atoms. The second-order valence-electron chi connectivity index (χ2n) is 2.43. The lowest BCUT2D eigenvalue weighted by Gasteiger charge is -1.99. The van der Waals surface area contributed by atoms with E-state index in [2.05, 4.69) is 33.4 Å². The number of alkyl halides is 1. The zero-order chi connectivity index (χ0) is 8.81. The van der Waals surface area contributed by atoms with E-state index in [4.69, 9.17) is 11.6 Å². The van der Waals surface area contributed by atoms with E-state index < -0.39 is 0 Å². The molecule has 0 saturated carbocycles. The van der Waals surface area contributed by atoms with E-state index >= 15 is 0 Å². The molecule has 0 aromatic carbocycles. The van der Waals surface area contributed by atoms with Gasteiger partial charge in [-0.3, -0.25) is 0 Å². The highest BCUT2D eigenvalue weighted by atomic mass is 79.9. The molecule has 1 aromatic heterocycles. The van der Waals surface area contributed by atoms with Gasteiger partial charge in [0.2, 0.25) is 0 Å². The second kappa shape index (κ2) is 5.97. The maximum atomic E-state index is 5.54. The van der Waals surface area contributed by atoms with Crippen LogP contribution < -0.4 is 5.32 Å². The topological polar surface area (TPSA) is 12.0 Å². The molecule has 0 aliphatic rings. The van der Waals surface area contributed by atoms with Crippen molar-refractivity contribution in [3.8, 4) is 0 Å². The van der Waals surface area contributed by atoms with Crippen LogP contribution >= 0.6 is 38.9 Å². The molecule has 1 nitrogen and oxygen atoms in total. The van der Waals surface area contributed by atoms with E-state index in [1.807, 2.05) is 0 Å². The lowest BCUT2D eigenvalue weighted by molar-refractivity contribution is 0.684. The lowest BCUT2D eigenvalue weighted by atomic mass is 10.4. The van der Waals surface area contributed by atoms with E-state index in [9.17, 15) is 0 Å². The summed E-state index contributed by atoms with van der Waals surface area (Å²) in [7, 11) is 0. The van der Waals surface area contributed by atoms with Gasteiger partial charge in [-0.1, -0.05) is 0 Å². The zero-order valence-corrected chi connectivity index (χ0v) is 9.81. The summed E-state index contributed by atoms with van der Waals surface area (Å²) in [6.07, 6.45) is 1.04. The standard InChI is InChI=1S/C8H11BrClNS/c9-8-3-2-7(12-8)6-11-5-1-4-10/h2-3,11H,1,4-6H2. The minimum absolute atomic E-state index is 0.737. The maximum Gasteiger partial charge on any atom is 0.0701 e. The Morgan fingerprint density at radius 2 is 2.33 bits per heavy atom. The maximum absolute atomic E-state index is 5.54. The zero-order valence-electron chi connectivity index (χ0n) is 6.65. The summed E-state index contributed by atoms with van der Waals surface area (Å²) < 4.78 is 1.19. The number of hydrogen-bond donors (Lipinski definition) is 1. The van der Waals surface area contributed by atoms with Crippen molar-refractivity contribution in [1.82, 2.24) is 5.32 Å². The number of nitrogens with one attached hydrogen (secondary N) is 1. The Labute approximate surface area is 90.3 Å². The van der Waals surface area contributed by atoms with Crippen molar-refractivity contribution in [2.45, 2.75) is 13.0 Å². The number of hydrogen-bond acceptors (Lipinski definition) is 2. The summed E-state index contributed by atoms with van der Waals surface area (Å²) in [5.74, 6) is 0.737. The first-order valence-electron chi connectivity index (χ1n) is 3.84. The molecule has 0 bridgehead atoms. The van der Waals surface area contributed by atoms with Crippen LogP contribution in [0.5, 0.6) is 0 Å². The predicted molar refractivity (Wildman–Crippen MR) is 59.1 cm³/mol. The van der Waals surface area contributed by atoms with Gasteiger partial charge in [-0.05, 0) is 41.0 Å². The molecule has 0 spiro atoms. The van der Waals surface area contributed by atoms with Gasteiger partial charge in [0.25, 0.3) is 0 Å². The van der Waals surface area contributed by atoms with Crippen LogP contribution in [0, 0.1) is 0 Å². The van der Waals surface area contributed by atoms with Gasteiger partial charge < -0.3 is 5.32 Å². The molecule has 1 aromatic rings. The van der Waals surface area contributed by atoms with Crippen LogP contribution in [0.1, 0.15) is 11.3 Å². The normalized spacial score (nSPS) is 10.5. The molecular formula is C8H11BrClNS. The van der Waals surface area contributed by atoms with Crippen LogP contribution in [-0.4, -0.2) is 12.4 Å². The molecule has 1 N–H and O–H groups in total. The van der Waals surface area contributed by atoms with Crippen molar-refractivity contribution in [2.24, 2.45) is 0 Å². The van der Waals surface area contributed by atoms with E-state index in [1.54, 1.807) is 11.3 Å². The van der Waals surface area contributed by atoms with Crippen molar-refractivity contribution >= 4 is 38.9 Å². The van der Waals surface area contributed by atoms with Crippen LogP contribution in [0.4, 0.5) is 0 Å². The first kappa shape index (κ1) is 10.5. The summed E-state index contributed by atoms with van der Waals surface area (Å²) in [5, 5.41) is 3.32. The fourth-order valence-corrected chi connectivity index (χ4v) is 2.44. The van der Waals surface area contributed by atoms with Crippen LogP contribution in [0.25, 0.3) is 0 Å². The summed E-state index contributed by atoms with van der Waals surface area (Å²) >= 11 is 10.7. The van der Waals surface area contributed by atoms with Crippen molar-refractivity contribution < 1.29 is 0 Å². The van der Waals surface area contributed by atoms with Crippen LogP contribution in [-0.2, 0) is 6.54 Å². The monoisotopic (exact) mass is 267 g/mol. The van der Waals surface area contributed by atoms with Crippen LogP contribution in [0.3, 0.4) is 0 Å². The molecule has 0 fully saturated rings. The number of halogens is 2. The molecule has 0 aliphatic heterocycles. The molecule has 0 amide bonds. The Morgan fingerprint density at radius 1 is 1.50 bits per heavy atom. The van der Waals surface area contributed by atoms with Gasteiger partial charge >= 0.3 is 0 Å². The molecule has 68 valence electrons. The third kappa shape index (κ3) is 3.90. The van der Waals surface area contributed by atoms with Gasteiger partial charge in [-0.25, -0.2) is 0 Å². The fourth-order valence-electron chi connectivity index (χ4n) is 0.850. The van der Waals surface area contributed by atoms with Gasteiger partial charge in [-0.2, -0.15) is 0 Å². The van der Waals surface area contributed by atoms with Crippen molar-refractivity contribution in [1.29, 1.82) is 0 Å². The van der Waals surface area contributed by atoms with Crippen LogP contribution in [0.2, 0.25) is 0 Å². The predicted octanol–water partition coefficient (Wildman–Crippen LogP) is 3.23. The van der Waals surface area contributed by atoms with Gasteiger partial charge in [0, 0.05) is 17.3 Å². The Hall–Kier alpha value is 0.430. The highest BCUT2D eigenvalue weighted by Crippen LogP contribution is 2.21. The fraction of sp³-hybridized carbons (Fsp3) is 0.500. The summed E-state index contributed by atoms with van der Waals surface area (Å²) in [6, 6.07) is 4.20. The van der Waals surface area contributed by atoms with E-state index in [0.29, 0.717) is 0 Å². The smallest absolute Gasteiger partial charge is 0.0701 e. The first-order valence-corrected chi connectivity index (χ1v) is 5.98. The highest BCUT2D eigenvalue weighted by Gasteiger charge is 1.95. The van der Waals surface area contributed by atoms with Crippen molar-refractivity contribution in [3.63, 3.8) is 0 Å². The van der Waals surface area contributed by atoms with Gasteiger partial charge in [0.05, 0.1) is 3.79 Å². The second-order valence-corrected chi connectivity index (χ2v) is 5.35. The molecule has 1 heterocycles. The molecule has 0 unspecified atom stereocenters. The average molecular weight is 269 g/mol. The van der Waals surface area contributed by atoms with Crippen molar-refractivity contribution in [3.05, 3.63) is 20.8 Å². The van der Waals surface area contributed by atoms with E-state index in [-0.39, 0.29) is 0 Å². The average Bonchev–Trinajstić information content (AvgIpc) is 2.45. The summed E-state index contributed by atoms with van der Waals surface area (Å²) in [5.41, 5.74) is 0. The molecule has 1 rings (SSSR count). The molecule has 0 aliphatic carbocycles. The summed E-state index contributed by atoms with van der Waals surface area (Å²) in [6.45, 7) is 1.95. The van der Waals surface area contributed by atoms with E-state index in [1.165, 1.54) is 8.66 Å². The van der Waals surface area contributed by atoms with E-state index in [0.717, 1.165) is 25.4 Å². The SMILES string of the molecule is ClCCCNCc1ccc(Br)s1. The highest BCUT2D eigenvalue weighted by molar-refractivity contribution is 9.11. The Kier molecular flexibility index (Phi) is 5.23. The molecule has 0 saturated heterocycles. The van der Waals surface area contributed by atoms with Crippen molar-refractivity contribution in [2.75, 3.05) is 12.4 Å². The van der Waals surface area contributed by atoms with Gasteiger partial charge in [-0.15, -0.1) is 22.9 Å². The molecule has 0 radical (unpaired) electrons. The van der Waals surface area contributed by atoms with Gasteiger partial charge in [0.15, 0.2) is 0 Å². The Bertz CT molecular complexity index is 227. The molecule has 0 atom stereocenters. The third-order valence-electron chi connectivity index (χ3n) is 1.42. The van der Waals surface area contributed by atoms with Crippen LogP contribution in [0.15, 0.2) is 15.9 Å². The quantitative estimate of drug-likeness (QED) is 0.639. The molecular weight excluding hydrogens is 258 g/mol. The largest absolute Gasteiger partial charge is 0.312 e. The lowest BCUT2D eigenvalue weighted by Crippen LogP contribution is -2.13. The minimum Gasteiger partial charge on any atom is -0.312 e. The Balaban J connectivity index is 2.15. The number of thiophene rings is 1. The Morgan fingerprint density at radius 3 is 2.92 bits per heavy atom. The number of rotatable bonds is 5. The third-order valence-corrected chi connectivity index (χ3v) is 3.31. The summed E-state index contributed by atoms with van der Waals surface area (Å²) in [4.78, 5) is 1.36. The minimum atomic E-state index is 0.737.